The maximum Gasteiger partial charge on any atom is 0.251 e. The molecule has 0 bridgehead atoms. The van der Waals surface area contributed by atoms with E-state index in [4.69, 9.17) is 0 Å². The smallest absolute Gasteiger partial charge is 0.251 e. The van der Waals surface area contributed by atoms with Crippen LogP contribution in [0, 0.1) is 0 Å². The van der Waals surface area contributed by atoms with Crippen LogP contribution in [0.4, 0.5) is 0 Å². The van der Waals surface area contributed by atoms with Gasteiger partial charge in [-0.1, -0.05) is 32.3 Å². The molecule has 1 saturated heterocycles. The van der Waals surface area contributed by atoms with Crippen molar-refractivity contribution in [2.45, 2.75) is 50.5 Å². The normalized spacial score (nSPS) is 16.8. The highest BCUT2D eigenvalue weighted by Gasteiger charge is 2.29. The van der Waals surface area contributed by atoms with Gasteiger partial charge < -0.3 is 10.6 Å². The SMILES string of the molecule is CCCCCC(C)NC(=O)c1cccc(S(=O)(=O)N2CCNC(=O)C2)c1. The van der Waals surface area contributed by atoms with E-state index in [1.165, 1.54) is 12.1 Å². The van der Waals surface area contributed by atoms with Crippen LogP contribution < -0.4 is 10.6 Å². The topological polar surface area (TPSA) is 95.6 Å². The molecule has 0 radical (unpaired) electrons. The second kappa shape index (κ2) is 9.14. The lowest BCUT2D eigenvalue weighted by Gasteiger charge is -2.26. The van der Waals surface area contributed by atoms with Crippen molar-refractivity contribution in [3.05, 3.63) is 29.8 Å². The van der Waals surface area contributed by atoms with Gasteiger partial charge in [-0.3, -0.25) is 9.59 Å². The van der Waals surface area contributed by atoms with Crippen LogP contribution in [0.15, 0.2) is 29.2 Å². The number of sulfonamides is 1. The van der Waals surface area contributed by atoms with E-state index in [0.29, 0.717) is 5.56 Å². The first kappa shape index (κ1) is 20.4. The van der Waals surface area contributed by atoms with Crippen LogP contribution in [0.1, 0.15) is 49.9 Å². The average Bonchev–Trinajstić information content (AvgIpc) is 2.62. The number of hydrogen-bond donors (Lipinski definition) is 2. The van der Waals surface area contributed by atoms with Crippen molar-refractivity contribution in [1.29, 1.82) is 0 Å². The first-order valence-electron chi connectivity index (χ1n) is 9.02. The first-order valence-corrected chi connectivity index (χ1v) is 10.5. The molecule has 0 aliphatic carbocycles. The van der Waals surface area contributed by atoms with Crippen LogP contribution in [-0.4, -0.2) is 50.2 Å². The van der Waals surface area contributed by atoms with E-state index in [1.54, 1.807) is 12.1 Å². The van der Waals surface area contributed by atoms with Crippen LogP contribution >= 0.6 is 0 Å². The summed E-state index contributed by atoms with van der Waals surface area (Å²) in [6, 6.07) is 5.99. The molecule has 0 spiro atoms. The lowest BCUT2D eigenvalue weighted by Crippen LogP contribution is -2.49. The summed E-state index contributed by atoms with van der Waals surface area (Å²) in [6.45, 7) is 4.38. The lowest BCUT2D eigenvalue weighted by molar-refractivity contribution is -0.122. The highest BCUT2D eigenvalue weighted by molar-refractivity contribution is 7.89. The predicted molar refractivity (Wildman–Crippen MR) is 99.3 cm³/mol. The van der Waals surface area contributed by atoms with Crippen molar-refractivity contribution in [1.82, 2.24) is 14.9 Å². The van der Waals surface area contributed by atoms with Gasteiger partial charge in [-0.15, -0.1) is 0 Å². The van der Waals surface area contributed by atoms with E-state index >= 15 is 0 Å². The predicted octanol–water partition coefficient (Wildman–Crippen LogP) is 1.51. The van der Waals surface area contributed by atoms with Gasteiger partial charge in [-0.25, -0.2) is 8.42 Å². The minimum absolute atomic E-state index is 0.0264. The summed E-state index contributed by atoms with van der Waals surface area (Å²) in [4.78, 5) is 23.9. The Hall–Kier alpha value is -1.93. The molecule has 1 aromatic carbocycles. The summed E-state index contributed by atoms with van der Waals surface area (Å²) in [7, 11) is -3.80. The number of piperazine rings is 1. The maximum absolute atomic E-state index is 12.7. The molecule has 144 valence electrons. The van der Waals surface area contributed by atoms with E-state index < -0.39 is 10.0 Å². The minimum Gasteiger partial charge on any atom is -0.354 e. The van der Waals surface area contributed by atoms with Gasteiger partial charge in [-0.2, -0.15) is 4.31 Å². The molecule has 1 aromatic rings. The Bertz CT molecular complexity index is 749. The van der Waals surface area contributed by atoms with Crippen molar-refractivity contribution in [3.8, 4) is 0 Å². The number of carbonyl (C=O) groups is 2. The molecule has 0 aromatic heterocycles. The molecule has 1 aliphatic heterocycles. The van der Waals surface area contributed by atoms with E-state index in [0.717, 1.165) is 30.0 Å². The van der Waals surface area contributed by atoms with E-state index in [-0.39, 0.29) is 42.4 Å². The van der Waals surface area contributed by atoms with Gasteiger partial charge >= 0.3 is 0 Å². The zero-order valence-corrected chi connectivity index (χ0v) is 16.1. The maximum atomic E-state index is 12.7. The molecule has 2 amide bonds. The van der Waals surface area contributed by atoms with Gasteiger partial charge in [0.15, 0.2) is 0 Å². The van der Waals surface area contributed by atoms with E-state index in [9.17, 15) is 18.0 Å². The Labute approximate surface area is 155 Å². The highest BCUT2D eigenvalue weighted by atomic mass is 32.2. The number of rotatable bonds is 8. The molecular formula is C18H27N3O4S. The largest absolute Gasteiger partial charge is 0.354 e. The van der Waals surface area contributed by atoms with Gasteiger partial charge in [0.1, 0.15) is 0 Å². The Morgan fingerprint density at radius 3 is 2.81 bits per heavy atom. The van der Waals surface area contributed by atoms with Gasteiger partial charge in [-0.05, 0) is 31.5 Å². The molecular weight excluding hydrogens is 354 g/mol. The Kier molecular flexibility index (Phi) is 7.16. The molecule has 1 fully saturated rings. The number of benzene rings is 1. The second-order valence-electron chi connectivity index (χ2n) is 6.59. The van der Waals surface area contributed by atoms with Gasteiger partial charge in [0.25, 0.3) is 5.91 Å². The number of unbranched alkanes of at least 4 members (excludes halogenated alkanes) is 2. The Morgan fingerprint density at radius 2 is 2.12 bits per heavy atom. The van der Waals surface area contributed by atoms with Crippen molar-refractivity contribution in [2.24, 2.45) is 0 Å². The first-order chi connectivity index (χ1) is 12.3. The third-order valence-electron chi connectivity index (χ3n) is 4.36. The summed E-state index contributed by atoms with van der Waals surface area (Å²) in [5, 5.41) is 5.51. The van der Waals surface area contributed by atoms with Crippen LogP contribution in [0.2, 0.25) is 0 Å². The number of hydrogen-bond acceptors (Lipinski definition) is 4. The fourth-order valence-electron chi connectivity index (χ4n) is 2.85. The molecule has 1 heterocycles. The van der Waals surface area contributed by atoms with Crippen molar-refractivity contribution >= 4 is 21.8 Å². The summed E-state index contributed by atoms with van der Waals surface area (Å²) >= 11 is 0. The standard InChI is InChI=1S/C18H27N3O4S/c1-3-4-5-7-14(2)20-18(23)15-8-6-9-16(12-15)26(24,25)21-11-10-19-17(22)13-21/h6,8-9,12,14H,3-5,7,10-11,13H2,1-2H3,(H,19,22)(H,20,23). The van der Waals surface area contributed by atoms with Gasteiger partial charge in [0.2, 0.25) is 15.9 Å². The summed E-state index contributed by atoms with van der Waals surface area (Å²) in [5.74, 6) is -0.614. The van der Waals surface area contributed by atoms with Crippen molar-refractivity contribution < 1.29 is 18.0 Å². The summed E-state index contributed by atoms with van der Waals surface area (Å²) in [6.07, 6.45) is 4.18. The number of nitrogens with one attached hydrogen (secondary N) is 2. The quantitative estimate of drug-likeness (QED) is 0.667. The Morgan fingerprint density at radius 1 is 1.35 bits per heavy atom. The van der Waals surface area contributed by atoms with Crippen LogP contribution in [0.3, 0.4) is 0 Å². The van der Waals surface area contributed by atoms with E-state index in [1.807, 2.05) is 6.92 Å². The molecule has 7 nitrogen and oxygen atoms in total. The molecule has 1 atom stereocenters. The van der Waals surface area contributed by atoms with Gasteiger partial charge in [0.05, 0.1) is 11.4 Å². The fraction of sp³-hybridized carbons (Fsp3) is 0.556. The monoisotopic (exact) mass is 381 g/mol. The second-order valence-corrected chi connectivity index (χ2v) is 8.52. The molecule has 2 rings (SSSR count). The highest BCUT2D eigenvalue weighted by Crippen LogP contribution is 2.18. The summed E-state index contributed by atoms with van der Waals surface area (Å²) in [5.41, 5.74) is 0.301. The van der Waals surface area contributed by atoms with Crippen molar-refractivity contribution in [2.75, 3.05) is 19.6 Å². The van der Waals surface area contributed by atoms with Crippen LogP contribution in [0.25, 0.3) is 0 Å². The van der Waals surface area contributed by atoms with Gasteiger partial charge in [0, 0.05) is 24.7 Å². The number of nitrogens with zero attached hydrogens (tertiary/aromatic N) is 1. The molecule has 26 heavy (non-hydrogen) atoms. The van der Waals surface area contributed by atoms with Crippen LogP contribution in [0.5, 0.6) is 0 Å². The minimum atomic E-state index is -3.80. The molecule has 2 N–H and O–H groups in total. The van der Waals surface area contributed by atoms with E-state index in [2.05, 4.69) is 17.6 Å². The zero-order chi connectivity index (χ0) is 19.2. The molecule has 0 saturated carbocycles. The summed E-state index contributed by atoms with van der Waals surface area (Å²) < 4.78 is 26.6. The third-order valence-corrected chi connectivity index (χ3v) is 6.20. The van der Waals surface area contributed by atoms with Crippen molar-refractivity contribution in [3.63, 3.8) is 0 Å². The Balaban J connectivity index is 2.09. The molecule has 1 unspecified atom stereocenters. The van der Waals surface area contributed by atoms with Crippen LogP contribution in [-0.2, 0) is 14.8 Å². The lowest BCUT2D eigenvalue weighted by atomic mass is 10.1. The zero-order valence-electron chi connectivity index (χ0n) is 15.3. The average molecular weight is 381 g/mol. The number of carbonyl (C=O) groups excluding carboxylic acids is 2. The third kappa shape index (κ3) is 5.28. The fourth-order valence-corrected chi connectivity index (χ4v) is 4.29. The molecule has 8 heteroatoms. The molecule has 1 aliphatic rings. The number of amides is 2.